The van der Waals surface area contributed by atoms with Crippen molar-refractivity contribution in [2.45, 2.75) is 57.7 Å². The van der Waals surface area contributed by atoms with E-state index in [1.54, 1.807) is 6.07 Å². The van der Waals surface area contributed by atoms with Gasteiger partial charge in [-0.1, -0.05) is 6.07 Å². The van der Waals surface area contributed by atoms with Crippen molar-refractivity contribution < 1.29 is 31.6 Å². The molecule has 6 nitrogen and oxygen atoms in total. The van der Waals surface area contributed by atoms with Crippen LogP contribution in [-0.4, -0.2) is 46.4 Å². The average molecular weight is 424 g/mol. The molecule has 1 aromatic carbocycles. The van der Waals surface area contributed by atoms with Crippen LogP contribution < -0.4 is 14.2 Å². The molecule has 1 amide bonds. The standard InChI is InChI=1S/C18H27F3N2O4S/c1-12(22-28(25)17(2,3)4)7-8-13-9-10-14(26-16(24)23(5)6)15(11-13)27-18(19,20)21/h9-12,22H,7-8H2,1-6H3/t12-,28?/m1/s1. The third-order valence-electron chi connectivity index (χ3n) is 3.53. The molecule has 0 bridgehead atoms. The van der Waals surface area contributed by atoms with Crippen LogP contribution in [0.2, 0.25) is 0 Å². The molecule has 0 heterocycles. The van der Waals surface area contributed by atoms with Crippen molar-refractivity contribution in [2.75, 3.05) is 14.1 Å². The lowest BCUT2D eigenvalue weighted by molar-refractivity contribution is -0.275. The van der Waals surface area contributed by atoms with Gasteiger partial charge in [0, 0.05) is 20.1 Å². The van der Waals surface area contributed by atoms with Gasteiger partial charge in [0.15, 0.2) is 11.5 Å². The fraction of sp³-hybridized carbons (Fsp3) is 0.611. The molecule has 0 fully saturated rings. The Kier molecular flexibility index (Phi) is 8.30. The second-order valence-electron chi connectivity index (χ2n) is 7.53. The Bertz CT molecular complexity index is 703. The van der Waals surface area contributed by atoms with E-state index in [9.17, 15) is 22.2 Å². The van der Waals surface area contributed by atoms with Gasteiger partial charge in [0.1, 0.15) is 0 Å². The maximum Gasteiger partial charge on any atom is 0.573 e. The van der Waals surface area contributed by atoms with Gasteiger partial charge in [-0.2, -0.15) is 0 Å². The zero-order chi connectivity index (χ0) is 21.7. The molecule has 0 aliphatic rings. The van der Waals surface area contributed by atoms with Crippen molar-refractivity contribution in [3.05, 3.63) is 23.8 Å². The molecule has 2 atom stereocenters. The monoisotopic (exact) mass is 424 g/mol. The number of nitrogens with zero attached hydrogens (tertiary/aromatic N) is 1. The Labute approximate surface area is 166 Å². The number of carbonyl (C=O) groups excluding carboxylic acids is 1. The van der Waals surface area contributed by atoms with Crippen LogP contribution in [0.3, 0.4) is 0 Å². The number of hydrogen-bond acceptors (Lipinski definition) is 4. The first-order valence-corrected chi connectivity index (χ1v) is 9.80. The molecular formula is C18H27F3N2O4S. The van der Waals surface area contributed by atoms with E-state index in [0.717, 1.165) is 4.90 Å². The Morgan fingerprint density at radius 2 is 1.82 bits per heavy atom. The highest BCUT2D eigenvalue weighted by atomic mass is 32.2. The summed E-state index contributed by atoms with van der Waals surface area (Å²) in [6.45, 7) is 7.38. The van der Waals surface area contributed by atoms with Crippen molar-refractivity contribution in [1.29, 1.82) is 0 Å². The van der Waals surface area contributed by atoms with Gasteiger partial charge in [-0.05, 0) is 58.2 Å². The highest BCUT2D eigenvalue weighted by molar-refractivity contribution is 7.84. The summed E-state index contributed by atoms with van der Waals surface area (Å²) in [5, 5.41) is 0. The minimum Gasteiger partial charge on any atom is -0.406 e. The zero-order valence-corrected chi connectivity index (χ0v) is 17.7. The normalized spacial score (nSPS) is 14.3. The van der Waals surface area contributed by atoms with E-state index >= 15 is 0 Å². The van der Waals surface area contributed by atoms with Crippen molar-refractivity contribution in [1.82, 2.24) is 9.62 Å². The van der Waals surface area contributed by atoms with Gasteiger partial charge in [0.25, 0.3) is 0 Å². The topological polar surface area (TPSA) is 67.9 Å². The molecule has 1 aromatic rings. The smallest absolute Gasteiger partial charge is 0.406 e. The number of hydrogen-bond donors (Lipinski definition) is 1. The molecule has 1 unspecified atom stereocenters. The van der Waals surface area contributed by atoms with Gasteiger partial charge in [0.05, 0.1) is 15.7 Å². The van der Waals surface area contributed by atoms with Gasteiger partial charge < -0.3 is 14.4 Å². The predicted octanol–water partition coefficient (Wildman–Crippen LogP) is 4.02. The molecule has 0 aliphatic carbocycles. The first-order chi connectivity index (χ1) is 12.7. The van der Waals surface area contributed by atoms with E-state index in [1.165, 1.54) is 26.2 Å². The number of aryl methyl sites for hydroxylation is 1. The molecule has 28 heavy (non-hydrogen) atoms. The molecule has 0 saturated heterocycles. The van der Waals surface area contributed by atoms with Crippen LogP contribution in [0.5, 0.6) is 11.5 Å². The number of rotatable bonds is 7. The minimum atomic E-state index is -4.92. The largest absolute Gasteiger partial charge is 0.573 e. The van der Waals surface area contributed by atoms with E-state index in [1.807, 2.05) is 27.7 Å². The summed E-state index contributed by atoms with van der Waals surface area (Å²) in [6, 6.07) is 3.91. The highest BCUT2D eigenvalue weighted by Gasteiger charge is 2.33. The summed E-state index contributed by atoms with van der Waals surface area (Å²) in [5.41, 5.74) is 0.569. The third-order valence-corrected chi connectivity index (χ3v) is 5.26. The predicted molar refractivity (Wildman–Crippen MR) is 102 cm³/mol. The summed E-state index contributed by atoms with van der Waals surface area (Å²) in [4.78, 5) is 12.7. The van der Waals surface area contributed by atoms with Crippen molar-refractivity contribution >= 4 is 17.1 Å². The van der Waals surface area contributed by atoms with E-state index in [4.69, 9.17) is 4.74 Å². The second kappa shape index (κ2) is 9.60. The van der Waals surface area contributed by atoms with Crippen LogP contribution in [0.4, 0.5) is 18.0 Å². The Morgan fingerprint density at radius 1 is 1.21 bits per heavy atom. The van der Waals surface area contributed by atoms with E-state index in [-0.39, 0.29) is 11.8 Å². The lowest BCUT2D eigenvalue weighted by Crippen LogP contribution is -2.38. The number of amides is 1. The number of ether oxygens (including phenoxy) is 2. The molecule has 0 saturated carbocycles. The molecule has 0 aromatic heterocycles. The lowest BCUT2D eigenvalue weighted by Gasteiger charge is -2.22. The molecule has 1 N–H and O–H groups in total. The second-order valence-corrected chi connectivity index (χ2v) is 9.53. The number of benzene rings is 1. The van der Waals surface area contributed by atoms with Crippen LogP contribution in [-0.2, 0) is 17.4 Å². The molecule has 160 valence electrons. The summed E-state index contributed by atoms with van der Waals surface area (Å²) in [7, 11) is 1.58. The van der Waals surface area contributed by atoms with Crippen molar-refractivity contribution in [2.24, 2.45) is 0 Å². The van der Waals surface area contributed by atoms with Gasteiger partial charge in [-0.3, -0.25) is 0 Å². The number of nitrogens with one attached hydrogen (secondary N) is 1. The molecule has 1 rings (SSSR count). The summed E-state index contributed by atoms with van der Waals surface area (Å²) >= 11 is 0. The number of alkyl halides is 3. The Balaban J connectivity index is 2.89. The number of carbonyl (C=O) groups is 1. The molecule has 0 aliphatic heterocycles. The van der Waals surface area contributed by atoms with Gasteiger partial charge >= 0.3 is 12.5 Å². The summed E-state index contributed by atoms with van der Waals surface area (Å²) in [5.74, 6) is -0.904. The first kappa shape index (κ1) is 24.2. The summed E-state index contributed by atoms with van der Waals surface area (Å²) < 4.78 is 61.7. The minimum absolute atomic E-state index is 0.113. The highest BCUT2D eigenvalue weighted by Crippen LogP contribution is 2.34. The lowest BCUT2D eigenvalue weighted by atomic mass is 10.1. The van der Waals surface area contributed by atoms with Crippen LogP contribution >= 0.6 is 0 Å². The van der Waals surface area contributed by atoms with E-state index < -0.39 is 33.9 Å². The van der Waals surface area contributed by atoms with Crippen LogP contribution in [0, 0.1) is 0 Å². The van der Waals surface area contributed by atoms with E-state index in [2.05, 4.69) is 9.46 Å². The summed E-state index contributed by atoms with van der Waals surface area (Å²) in [6.07, 6.45) is -4.77. The molecule has 10 heteroatoms. The molecule has 0 spiro atoms. The van der Waals surface area contributed by atoms with Gasteiger partial charge in [-0.15, -0.1) is 13.2 Å². The quantitative estimate of drug-likeness (QED) is 0.718. The first-order valence-electron chi connectivity index (χ1n) is 8.65. The van der Waals surface area contributed by atoms with E-state index in [0.29, 0.717) is 18.4 Å². The van der Waals surface area contributed by atoms with Crippen LogP contribution in [0.1, 0.15) is 39.7 Å². The van der Waals surface area contributed by atoms with Crippen molar-refractivity contribution in [3.63, 3.8) is 0 Å². The zero-order valence-electron chi connectivity index (χ0n) is 16.8. The fourth-order valence-electron chi connectivity index (χ4n) is 1.98. The van der Waals surface area contributed by atoms with Gasteiger partial charge in [-0.25, -0.2) is 13.7 Å². The van der Waals surface area contributed by atoms with Crippen LogP contribution in [0.15, 0.2) is 18.2 Å². The maximum atomic E-state index is 12.7. The fourth-order valence-corrected chi connectivity index (χ4v) is 2.82. The van der Waals surface area contributed by atoms with Crippen LogP contribution in [0.25, 0.3) is 0 Å². The van der Waals surface area contributed by atoms with Gasteiger partial charge in [0.2, 0.25) is 0 Å². The van der Waals surface area contributed by atoms with Crippen molar-refractivity contribution in [3.8, 4) is 11.5 Å². The molecular weight excluding hydrogens is 397 g/mol. The number of halogens is 3. The molecule has 0 radical (unpaired) electrons. The Hall–Kier alpha value is -1.81. The third kappa shape index (κ3) is 8.47. The average Bonchev–Trinajstić information content (AvgIpc) is 2.52. The SMILES string of the molecule is C[C@H](CCc1ccc(OC(=O)N(C)C)c(OC(F)(F)F)c1)NS(=O)C(C)(C)C. The Morgan fingerprint density at radius 3 is 2.32 bits per heavy atom. The maximum absolute atomic E-state index is 12.7.